The Labute approximate surface area is 242 Å². The molecule has 4 heterocycles. The number of rotatable bonds is 12. The number of aromatic amines is 2. The van der Waals surface area contributed by atoms with E-state index in [-0.39, 0.29) is 0 Å². The van der Waals surface area contributed by atoms with Crippen LogP contribution in [0.5, 0.6) is 0 Å². The van der Waals surface area contributed by atoms with Crippen LogP contribution in [0.3, 0.4) is 0 Å². The molecule has 0 amide bonds. The van der Waals surface area contributed by atoms with Crippen molar-refractivity contribution in [1.82, 2.24) is 30.6 Å². The molecule has 0 bridgehead atoms. The van der Waals surface area contributed by atoms with Crippen molar-refractivity contribution >= 4 is 43.6 Å². The van der Waals surface area contributed by atoms with Crippen molar-refractivity contribution in [2.75, 3.05) is 13.1 Å². The number of nitrogens with one attached hydrogen (secondary N) is 4. The molecule has 6 nitrogen and oxygen atoms in total. The Balaban J connectivity index is 0.981. The summed E-state index contributed by atoms with van der Waals surface area (Å²) in [4.78, 5) is 17.2. The molecule has 6 aromatic rings. The van der Waals surface area contributed by atoms with E-state index in [1.54, 1.807) is 0 Å². The van der Waals surface area contributed by atoms with Crippen LogP contribution in [-0.4, -0.2) is 33.0 Å². The van der Waals surface area contributed by atoms with E-state index in [1.807, 2.05) is 0 Å². The monoisotopic (exact) mass is 546 g/mol. The molecule has 0 saturated carbocycles. The second kappa shape index (κ2) is 12.0. The lowest BCUT2D eigenvalue weighted by Crippen LogP contribution is -2.18. The summed E-state index contributed by atoms with van der Waals surface area (Å²) in [5, 5.41) is 12.4. The first-order valence-electron chi connectivity index (χ1n) is 15.2. The summed E-state index contributed by atoms with van der Waals surface area (Å²) in [6.45, 7) is 12.5. The lowest BCUT2D eigenvalue weighted by molar-refractivity contribution is 0.566. The Morgan fingerprint density at radius 3 is 1.46 bits per heavy atom. The summed E-state index contributed by atoms with van der Waals surface area (Å²) in [7, 11) is 0. The molecule has 0 fully saturated rings. The first-order valence-corrected chi connectivity index (χ1v) is 15.2. The number of hydrogen-bond acceptors (Lipinski definition) is 4. The number of pyridine rings is 2. The van der Waals surface area contributed by atoms with Gasteiger partial charge in [-0.05, 0) is 62.0 Å². The maximum Gasteiger partial charge on any atom is 0.0686 e. The fourth-order valence-electron chi connectivity index (χ4n) is 5.98. The van der Waals surface area contributed by atoms with E-state index in [1.165, 1.54) is 50.0 Å². The Kier molecular flexibility index (Phi) is 8.04. The molecular formula is C35H42N6. The van der Waals surface area contributed by atoms with Crippen LogP contribution in [0, 0.1) is 0 Å². The number of fused-ring (bicyclic) bond motifs is 6. The van der Waals surface area contributed by atoms with E-state index in [0.717, 1.165) is 61.8 Å². The number of nitrogens with zero attached hydrogens (tertiary/aromatic N) is 2. The summed E-state index contributed by atoms with van der Waals surface area (Å²) >= 11 is 0. The highest BCUT2D eigenvalue weighted by molar-refractivity contribution is 6.09. The SMILES string of the molecule is CC(C)c1nc(CNCCCCCNCc2cc3c([nH]c4ccccc43)c(C(C)C)n2)cc2c1[nH]c1ccccc12. The highest BCUT2D eigenvalue weighted by Gasteiger charge is 2.15. The van der Waals surface area contributed by atoms with Crippen LogP contribution in [0.15, 0.2) is 60.7 Å². The number of H-pyrrole nitrogens is 2. The standard InChI is InChI=1S/C35H42N6/c1-22(2)32-34-28(26-12-6-8-14-30(26)40-34)18-24(38-32)20-36-16-10-5-11-17-37-21-25-19-29-27-13-7-9-15-31(27)41-35(29)33(39-25)23(3)4/h6-9,12-15,18-19,22-23,36-37,40-41H,5,10-11,16-17,20-21H2,1-4H3. The topological polar surface area (TPSA) is 81.4 Å². The predicted molar refractivity (Wildman–Crippen MR) is 173 cm³/mol. The van der Waals surface area contributed by atoms with Crippen molar-refractivity contribution < 1.29 is 0 Å². The minimum Gasteiger partial charge on any atom is -0.353 e. The number of para-hydroxylation sites is 2. The van der Waals surface area contributed by atoms with Crippen molar-refractivity contribution in [1.29, 1.82) is 0 Å². The average Bonchev–Trinajstić information content (AvgIpc) is 3.53. The third-order valence-corrected chi connectivity index (χ3v) is 8.07. The molecule has 6 heteroatoms. The first-order chi connectivity index (χ1) is 20.0. The van der Waals surface area contributed by atoms with Crippen LogP contribution in [0.25, 0.3) is 43.6 Å². The van der Waals surface area contributed by atoms with E-state index in [2.05, 4.69) is 109 Å². The maximum atomic E-state index is 5.02. The number of unbranched alkanes of at least 4 members (excludes halogenated alkanes) is 2. The summed E-state index contributed by atoms with van der Waals surface area (Å²) in [6, 6.07) is 21.6. The van der Waals surface area contributed by atoms with E-state index >= 15 is 0 Å². The van der Waals surface area contributed by atoms with Gasteiger partial charge in [0.2, 0.25) is 0 Å². The molecule has 0 unspecified atom stereocenters. The molecule has 0 aliphatic heterocycles. The smallest absolute Gasteiger partial charge is 0.0686 e. The summed E-state index contributed by atoms with van der Waals surface area (Å²) in [6.07, 6.45) is 3.51. The molecule has 6 rings (SSSR count). The molecule has 2 aromatic carbocycles. The van der Waals surface area contributed by atoms with Crippen molar-refractivity contribution in [3.8, 4) is 0 Å². The molecule has 0 aliphatic carbocycles. The van der Waals surface area contributed by atoms with Crippen LogP contribution in [0.1, 0.15) is 81.6 Å². The van der Waals surface area contributed by atoms with Crippen molar-refractivity contribution in [2.24, 2.45) is 0 Å². The fraction of sp³-hybridized carbons (Fsp3) is 0.371. The van der Waals surface area contributed by atoms with Gasteiger partial charge in [0, 0.05) is 45.7 Å². The van der Waals surface area contributed by atoms with Gasteiger partial charge in [-0.2, -0.15) is 0 Å². The van der Waals surface area contributed by atoms with Crippen LogP contribution in [0.2, 0.25) is 0 Å². The number of hydrogen-bond donors (Lipinski definition) is 4. The number of benzene rings is 2. The highest BCUT2D eigenvalue weighted by atomic mass is 14.9. The lowest BCUT2D eigenvalue weighted by atomic mass is 10.0. The lowest BCUT2D eigenvalue weighted by Gasteiger charge is -2.11. The first kappa shape index (κ1) is 27.4. The third-order valence-electron chi connectivity index (χ3n) is 8.07. The van der Waals surface area contributed by atoms with Crippen molar-refractivity contribution in [3.05, 3.63) is 83.4 Å². The second-order valence-corrected chi connectivity index (χ2v) is 11.9. The minimum atomic E-state index is 0.370. The molecule has 0 saturated heterocycles. The van der Waals surface area contributed by atoms with Crippen molar-refractivity contribution in [2.45, 2.75) is 71.9 Å². The van der Waals surface area contributed by atoms with Gasteiger partial charge in [-0.1, -0.05) is 70.5 Å². The molecular weight excluding hydrogens is 504 g/mol. The van der Waals surface area contributed by atoms with Gasteiger partial charge in [-0.15, -0.1) is 0 Å². The zero-order valence-corrected chi connectivity index (χ0v) is 24.8. The summed E-state index contributed by atoms with van der Waals surface area (Å²) < 4.78 is 0. The van der Waals surface area contributed by atoms with Crippen LogP contribution in [0.4, 0.5) is 0 Å². The van der Waals surface area contributed by atoms with Crippen LogP contribution < -0.4 is 10.6 Å². The molecule has 0 spiro atoms. The van der Waals surface area contributed by atoms with E-state index in [4.69, 9.17) is 9.97 Å². The Morgan fingerprint density at radius 1 is 0.585 bits per heavy atom. The van der Waals surface area contributed by atoms with Crippen LogP contribution >= 0.6 is 0 Å². The van der Waals surface area contributed by atoms with Gasteiger partial charge in [0.15, 0.2) is 0 Å². The maximum absolute atomic E-state index is 5.02. The second-order valence-electron chi connectivity index (χ2n) is 11.9. The van der Waals surface area contributed by atoms with E-state index < -0.39 is 0 Å². The average molecular weight is 547 g/mol. The van der Waals surface area contributed by atoms with Gasteiger partial charge < -0.3 is 20.6 Å². The fourth-order valence-corrected chi connectivity index (χ4v) is 5.98. The predicted octanol–water partition coefficient (Wildman–Crippen LogP) is 8.04. The zero-order chi connectivity index (χ0) is 28.3. The van der Waals surface area contributed by atoms with Gasteiger partial charge in [-0.3, -0.25) is 9.97 Å². The van der Waals surface area contributed by atoms with Gasteiger partial charge in [0.25, 0.3) is 0 Å². The molecule has 0 aliphatic rings. The zero-order valence-electron chi connectivity index (χ0n) is 24.8. The third kappa shape index (κ3) is 5.72. The quantitative estimate of drug-likeness (QED) is 0.117. The van der Waals surface area contributed by atoms with E-state index in [0.29, 0.717) is 11.8 Å². The molecule has 4 N–H and O–H groups in total. The Morgan fingerprint density at radius 2 is 1.02 bits per heavy atom. The summed E-state index contributed by atoms with van der Waals surface area (Å²) in [5.41, 5.74) is 9.25. The van der Waals surface area contributed by atoms with Gasteiger partial charge in [0.1, 0.15) is 0 Å². The molecule has 41 heavy (non-hydrogen) atoms. The van der Waals surface area contributed by atoms with Gasteiger partial charge in [-0.25, -0.2) is 0 Å². The Bertz CT molecular complexity index is 1660. The Hall–Kier alpha value is -3.74. The molecule has 4 aromatic heterocycles. The highest BCUT2D eigenvalue weighted by Crippen LogP contribution is 2.32. The minimum absolute atomic E-state index is 0.370. The van der Waals surface area contributed by atoms with Crippen molar-refractivity contribution in [3.63, 3.8) is 0 Å². The van der Waals surface area contributed by atoms with Crippen LogP contribution in [-0.2, 0) is 13.1 Å². The normalized spacial score (nSPS) is 12.2. The van der Waals surface area contributed by atoms with Gasteiger partial charge in [0.05, 0.1) is 33.8 Å². The molecule has 212 valence electrons. The summed E-state index contributed by atoms with van der Waals surface area (Å²) in [5.74, 6) is 0.740. The molecule has 0 atom stereocenters. The van der Waals surface area contributed by atoms with Gasteiger partial charge >= 0.3 is 0 Å². The molecule has 0 radical (unpaired) electrons. The van der Waals surface area contributed by atoms with E-state index in [9.17, 15) is 0 Å². The largest absolute Gasteiger partial charge is 0.353 e. The number of aromatic nitrogens is 4.